The van der Waals surface area contributed by atoms with E-state index in [9.17, 15) is 0 Å². The average Bonchev–Trinajstić information content (AvgIpc) is 2.50. The van der Waals surface area contributed by atoms with Gasteiger partial charge in [0.15, 0.2) is 0 Å². The van der Waals surface area contributed by atoms with Crippen LogP contribution in [0, 0.1) is 17.2 Å². The lowest BCUT2D eigenvalue weighted by molar-refractivity contribution is 1.13. The first-order valence-electron chi connectivity index (χ1n) is 3.31. The Labute approximate surface area is 64.1 Å². The summed E-state index contributed by atoms with van der Waals surface area (Å²) in [7, 11) is 0. The van der Waals surface area contributed by atoms with Gasteiger partial charge in [-0.1, -0.05) is 12.2 Å². The Hall–Kier alpha value is -1.69. The average molecular weight is 143 g/mol. The minimum atomic E-state index is 0.201. The second-order valence-electron chi connectivity index (χ2n) is 2.32. The number of nitriles is 1. The third-order valence-corrected chi connectivity index (χ3v) is 1.61. The molecule has 2 aliphatic rings. The number of nitrogens with zero attached hydrogens (tertiary/aromatic N) is 3. The van der Waals surface area contributed by atoms with E-state index < -0.39 is 0 Å². The minimum absolute atomic E-state index is 0.201. The maximum atomic E-state index is 8.50. The van der Waals surface area contributed by atoms with E-state index in [1.165, 1.54) is 0 Å². The molecular weight excluding hydrogens is 138 g/mol. The molecule has 0 spiro atoms. The first-order valence-corrected chi connectivity index (χ1v) is 3.31. The van der Waals surface area contributed by atoms with Crippen molar-refractivity contribution in [1.29, 1.82) is 5.26 Å². The van der Waals surface area contributed by atoms with Crippen LogP contribution in [0.25, 0.3) is 0 Å². The van der Waals surface area contributed by atoms with Gasteiger partial charge in [-0.05, 0) is 6.08 Å². The van der Waals surface area contributed by atoms with Gasteiger partial charge in [-0.15, -0.1) is 0 Å². The predicted molar refractivity (Wildman–Crippen MR) is 42.3 cm³/mol. The van der Waals surface area contributed by atoms with Gasteiger partial charge >= 0.3 is 0 Å². The lowest BCUT2D eigenvalue weighted by Gasteiger charge is -2.05. The van der Waals surface area contributed by atoms with Gasteiger partial charge in [0, 0.05) is 6.20 Å². The van der Waals surface area contributed by atoms with E-state index >= 15 is 0 Å². The zero-order chi connectivity index (χ0) is 7.68. The summed E-state index contributed by atoms with van der Waals surface area (Å²) in [4.78, 5) is 8.02. The molecule has 0 amide bonds. The van der Waals surface area contributed by atoms with Crippen molar-refractivity contribution >= 4 is 11.5 Å². The molecule has 0 aliphatic carbocycles. The third kappa shape index (κ3) is 0.887. The van der Waals surface area contributed by atoms with Crippen LogP contribution in [0.2, 0.25) is 0 Å². The molecule has 0 aromatic heterocycles. The highest BCUT2D eigenvalue weighted by Crippen LogP contribution is 2.16. The molecule has 0 N–H and O–H groups in total. The van der Waals surface area contributed by atoms with Crippen LogP contribution in [0.15, 0.2) is 34.4 Å². The fourth-order valence-corrected chi connectivity index (χ4v) is 1.06. The molecule has 0 radical (unpaired) electrons. The van der Waals surface area contributed by atoms with Crippen LogP contribution in [0.4, 0.5) is 0 Å². The van der Waals surface area contributed by atoms with E-state index in [2.05, 4.69) is 9.98 Å². The van der Waals surface area contributed by atoms with Crippen LogP contribution in [0.1, 0.15) is 0 Å². The van der Waals surface area contributed by atoms with Crippen LogP contribution in [-0.4, -0.2) is 11.5 Å². The lowest BCUT2D eigenvalue weighted by atomic mass is 10.1. The highest BCUT2D eigenvalue weighted by atomic mass is 14.9. The van der Waals surface area contributed by atoms with E-state index in [1.807, 2.05) is 18.2 Å². The van der Waals surface area contributed by atoms with Gasteiger partial charge in [-0.2, -0.15) is 5.26 Å². The largest absolute Gasteiger partial charge is 0.241 e. The number of allylic oxidation sites excluding steroid dienone is 1. The maximum Gasteiger partial charge on any atom is 0.142 e. The number of fused-ring (bicyclic) bond motifs is 1. The molecular formula is C8H5N3. The van der Waals surface area contributed by atoms with Gasteiger partial charge in [-0.25, -0.2) is 9.98 Å². The monoisotopic (exact) mass is 143 g/mol. The Balaban J connectivity index is 2.39. The summed E-state index contributed by atoms with van der Waals surface area (Å²) < 4.78 is 0. The Kier molecular flexibility index (Phi) is 1.19. The Morgan fingerprint density at radius 3 is 3.18 bits per heavy atom. The number of hydrogen-bond acceptors (Lipinski definition) is 3. The fraction of sp³-hybridized carbons (Fsp3) is 0.125. The topological polar surface area (TPSA) is 48.5 Å². The summed E-state index contributed by atoms with van der Waals surface area (Å²) >= 11 is 0. The number of amidine groups is 1. The van der Waals surface area contributed by atoms with Crippen molar-refractivity contribution in [2.45, 2.75) is 0 Å². The zero-order valence-electron chi connectivity index (χ0n) is 5.73. The zero-order valence-corrected chi connectivity index (χ0v) is 5.73. The highest BCUT2D eigenvalue weighted by Gasteiger charge is 2.16. The van der Waals surface area contributed by atoms with Gasteiger partial charge in [0.05, 0.1) is 5.92 Å². The summed E-state index contributed by atoms with van der Waals surface area (Å²) in [6.45, 7) is 0. The number of hydrogen-bond donors (Lipinski definition) is 0. The fourth-order valence-electron chi connectivity index (χ4n) is 1.06. The SMILES string of the molecule is N#CC1=NC2=NC=C[C@H]2C=C1. The molecule has 0 bridgehead atoms. The van der Waals surface area contributed by atoms with Crippen molar-refractivity contribution < 1.29 is 0 Å². The minimum Gasteiger partial charge on any atom is -0.241 e. The molecule has 3 nitrogen and oxygen atoms in total. The molecule has 0 saturated heterocycles. The molecule has 2 heterocycles. The normalized spacial score (nSPS) is 25.5. The molecule has 3 heteroatoms. The van der Waals surface area contributed by atoms with Gasteiger partial charge in [0.25, 0.3) is 0 Å². The van der Waals surface area contributed by atoms with Crippen LogP contribution >= 0.6 is 0 Å². The third-order valence-electron chi connectivity index (χ3n) is 1.61. The number of dihydropyridines is 1. The van der Waals surface area contributed by atoms with Crippen LogP contribution in [0.5, 0.6) is 0 Å². The molecule has 1 atom stereocenters. The molecule has 2 rings (SSSR count). The quantitative estimate of drug-likeness (QED) is 0.500. The Morgan fingerprint density at radius 1 is 1.45 bits per heavy atom. The van der Waals surface area contributed by atoms with Crippen molar-refractivity contribution in [2.75, 3.05) is 0 Å². The van der Waals surface area contributed by atoms with Gasteiger partial charge in [0.1, 0.15) is 17.6 Å². The summed E-state index contributed by atoms with van der Waals surface area (Å²) in [6, 6.07) is 1.97. The summed E-state index contributed by atoms with van der Waals surface area (Å²) in [6.07, 6.45) is 7.31. The smallest absolute Gasteiger partial charge is 0.142 e. The first-order chi connectivity index (χ1) is 5.40. The Bertz CT molecular complexity index is 339. The summed E-state index contributed by atoms with van der Waals surface area (Å²) in [5.74, 6) is 0.927. The van der Waals surface area contributed by atoms with Gasteiger partial charge in [-0.3, -0.25) is 0 Å². The van der Waals surface area contributed by atoms with E-state index in [0.29, 0.717) is 5.71 Å². The molecule has 0 unspecified atom stereocenters. The van der Waals surface area contributed by atoms with E-state index in [0.717, 1.165) is 5.84 Å². The van der Waals surface area contributed by atoms with Crippen molar-refractivity contribution in [2.24, 2.45) is 15.9 Å². The summed E-state index contributed by atoms with van der Waals surface area (Å²) in [5.41, 5.74) is 0.434. The number of rotatable bonds is 0. The molecule has 0 fully saturated rings. The molecule has 52 valence electrons. The molecule has 11 heavy (non-hydrogen) atoms. The lowest BCUT2D eigenvalue weighted by Crippen LogP contribution is -2.11. The second-order valence-corrected chi connectivity index (χ2v) is 2.32. The first kappa shape index (κ1) is 6.05. The van der Waals surface area contributed by atoms with Crippen LogP contribution < -0.4 is 0 Å². The number of aliphatic imine (C=N–C) groups is 2. The Morgan fingerprint density at radius 2 is 2.36 bits per heavy atom. The van der Waals surface area contributed by atoms with Crippen LogP contribution in [0.3, 0.4) is 0 Å². The van der Waals surface area contributed by atoms with Crippen molar-refractivity contribution in [1.82, 2.24) is 0 Å². The predicted octanol–water partition coefficient (Wildman–Crippen LogP) is 1.06. The standard InChI is InChI=1S/C8H5N3/c9-5-7-2-1-6-3-4-10-8(6)11-7/h1-4,6H/t6-/m1/s1. The van der Waals surface area contributed by atoms with Gasteiger partial charge in [0.2, 0.25) is 0 Å². The van der Waals surface area contributed by atoms with E-state index in [-0.39, 0.29) is 5.92 Å². The van der Waals surface area contributed by atoms with Crippen molar-refractivity contribution in [3.8, 4) is 6.07 Å². The summed E-state index contributed by atoms with van der Waals surface area (Å²) in [5, 5.41) is 8.50. The van der Waals surface area contributed by atoms with Crippen molar-refractivity contribution in [3.63, 3.8) is 0 Å². The maximum absolute atomic E-state index is 8.50. The molecule has 0 aromatic carbocycles. The molecule has 0 aromatic rings. The molecule has 0 saturated carbocycles. The van der Waals surface area contributed by atoms with Crippen molar-refractivity contribution in [3.05, 3.63) is 24.4 Å². The molecule has 2 aliphatic heterocycles. The van der Waals surface area contributed by atoms with E-state index in [1.54, 1.807) is 12.3 Å². The second kappa shape index (κ2) is 2.17. The van der Waals surface area contributed by atoms with Crippen LogP contribution in [-0.2, 0) is 0 Å². The van der Waals surface area contributed by atoms with Gasteiger partial charge < -0.3 is 0 Å². The van der Waals surface area contributed by atoms with E-state index in [4.69, 9.17) is 5.26 Å². The highest BCUT2D eigenvalue weighted by molar-refractivity contribution is 6.16.